The van der Waals surface area contributed by atoms with Crippen LogP contribution in [0, 0.1) is 11.3 Å². The third-order valence-electron chi connectivity index (χ3n) is 2.68. The Balaban J connectivity index is 1.86. The fourth-order valence-electron chi connectivity index (χ4n) is 1.72. The minimum atomic E-state index is 0.562. The van der Waals surface area contributed by atoms with Crippen LogP contribution >= 0.6 is 15.9 Å². The number of aryl methyl sites for hydroxylation is 1. The second-order valence-electron chi connectivity index (χ2n) is 4.06. The maximum Gasteiger partial charge on any atom is 0.138 e. The number of nitriles is 1. The molecule has 2 rings (SSSR count). The summed E-state index contributed by atoms with van der Waals surface area (Å²) in [5, 5.41) is 8.99. The van der Waals surface area contributed by atoms with E-state index in [-0.39, 0.29) is 0 Å². The van der Waals surface area contributed by atoms with E-state index in [1.165, 1.54) is 5.56 Å². The topological polar surface area (TPSA) is 45.9 Å². The number of ether oxygens (including phenoxy) is 1. The zero-order chi connectivity index (χ0) is 13.5. The van der Waals surface area contributed by atoms with E-state index < -0.39 is 0 Å². The van der Waals surface area contributed by atoms with E-state index in [9.17, 15) is 0 Å². The lowest BCUT2D eigenvalue weighted by Crippen LogP contribution is -2.01. The van der Waals surface area contributed by atoms with Gasteiger partial charge in [-0.15, -0.1) is 0 Å². The van der Waals surface area contributed by atoms with Gasteiger partial charge in [0.15, 0.2) is 0 Å². The molecular formula is C15H13BrN2O. The van der Waals surface area contributed by atoms with E-state index in [2.05, 4.69) is 27.0 Å². The van der Waals surface area contributed by atoms with Gasteiger partial charge in [0, 0.05) is 16.9 Å². The third kappa shape index (κ3) is 4.08. The summed E-state index contributed by atoms with van der Waals surface area (Å²) >= 11 is 3.37. The smallest absolute Gasteiger partial charge is 0.138 e. The van der Waals surface area contributed by atoms with Gasteiger partial charge < -0.3 is 4.74 Å². The minimum Gasteiger partial charge on any atom is -0.492 e. The fourth-order valence-corrected chi connectivity index (χ4v) is 2.06. The molecule has 4 heteroatoms. The van der Waals surface area contributed by atoms with Crippen LogP contribution in [-0.4, -0.2) is 11.6 Å². The second kappa shape index (κ2) is 6.91. The number of aromatic nitrogens is 1. The van der Waals surface area contributed by atoms with E-state index in [0.717, 1.165) is 17.3 Å². The highest BCUT2D eigenvalue weighted by molar-refractivity contribution is 9.10. The molecule has 1 aromatic carbocycles. The van der Waals surface area contributed by atoms with Gasteiger partial charge in [-0.3, -0.25) is 4.98 Å². The Morgan fingerprint density at radius 1 is 1.21 bits per heavy atom. The summed E-state index contributed by atoms with van der Waals surface area (Å²) in [5.41, 5.74) is 1.81. The zero-order valence-electron chi connectivity index (χ0n) is 10.3. The Morgan fingerprint density at radius 2 is 2.00 bits per heavy atom. The van der Waals surface area contributed by atoms with E-state index in [0.29, 0.717) is 17.9 Å². The number of nitrogens with zero attached hydrogens (tertiary/aromatic N) is 2. The minimum absolute atomic E-state index is 0.562. The van der Waals surface area contributed by atoms with Gasteiger partial charge in [-0.1, -0.05) is 15.9 Å². The van der Waals surface area contributed by atoms with Gasteiger partial charge in [0.2, 0.25) is 0 Å². The first kappa shape index (κ1) is 13.6. The van der Waals surface area contributed by atoms with Gasteiger partial charge in [-0.25, -0.2) is 0 Å². The van der Waals surface area contributed by atoms with Crippen LogP contribution in [0.15, 0.2) is 47.2 Å². The van der Waals surface area contributed by atoms with Crippen LogP contribution in [0.4, 0.5) is 0 Å². The lowest BCUT2D eigenvalue weighted by molar-refractivity contribution is 0.310. The van der Waals surface area contributed by atoms with Crippen molar-refractivity contribution in [1.82, 2.24) is 4.98 Å². The van der Waals surface area contributed by atoms with Crippen LogP contribution in [0.1, 0.15) is 17.5 Å². The first-order chi connectivity index (χ1) is 9.29. The summed E-state index contributed by atoms with van der Waals surface area (Å²) in [6.07, 6.45) is 5.43. The molecule has 0 fully saturated rings. The van der Waals surface area contributed by atoms with E-state index in [1.807, 2.05) is 24.3 Å². The molecule has 0 aliphatic carbocycles. The van der Waals surface area contributed by atoms with Crippen LogP contribution in [-0.2, 0) is 6.42 Å². The SMILES string of the molecule is N#Cc1ccc(Br)cc1OCCCc1ccncc1. The lowest BCUT2D eigenvalue weighted by Gasteiger charge is -2.08. The highest BCUT2D eigenvalue weighted by Crippen LogP contribution is 2.23. The molecule has 0 aliphatic heterocycles. The maximum atomic E-state index is 8.99. The van der Waals surface area contributed by atoms with Crippen LogP contribution in [0.5, 0.6) is 5.75 Å². The molecule has 1 heterocycles. The molecule has 0 unspecified atom stereocenters. The van der Waals surface area contributed by atoms with Crippen molar-refractivity contribution in [3.8, 4) is 11.8 Å². The van der Waals surface area contributed by atoms with Crippen LogP contribution in [0.3, 0.4) is 0 Å². The van der Waals surface area contributed by atoms with E-state index in [1.54, 1.807) is 18.5 Å². The number of rotatable bonds is 5. The maximum absolute atomic E-state index is 8.99. The number of hydrogen-bond donors (Lipinski definition) is 0. The van der Waals surface area contributed by atoms with Gasteiger partial charge in [0.25, 0.3) is 0 Å². The molecule has 19 heavy (non-hydrogen) atoms. The average Bonchev–Trinajstić information content (AvgIpc) is 2.45. The Morgan fingerprint density at radius 3 is 2.74 bits per heavy atom. The molecule has 96 valence electrons. The van der Waals surface area contributed by atoms with Gasteiger partial charge >= 0.3 is 0 Å². The van der Waals surface area contributed by atoms with Gasteiger partial charge in [0.1, 0.15) is 11.8 Å². The molecule has 0 radical (unpaired) electrons. The van der Waals surface area contributed by atoms with Crippen molar-refractivity contribution in [2.45, 2.75) is 12.8 Å². The van der Waals surface area contributed by atoms with Gasteiger partial charge in [-0.2, -0.15) is 5.26 Å². The molecule has 0 bridgehead atoms. The first-order valence-corrected chi connectivity index (χ1v) is 6.80. The predicted octanol–water partition coefficient (Wildman–Crippen LogP) is 3.73. The van der Waals surface area contributed by atoms with Crippen molar-refractivity contribution in [3.63, 3.8) is 0 Å². The molecule has 0 N–H and O–H groups in total. The summed E-state index contributed by atoms with van der Waals surface area (Å²) in [4.78, 5) is 3.98. The third-order valence-corrected chi connectivity index (χ3v) is 3.17. The molecule has 0 saturated heterocycles. The highest BCUT2D eigenvalue weighted by atomic mass is 79.9. The Labute approximate surface area is 121 Å². The molecule has 0 amide bonds. The predicted molar refractivity (Wildman–Crippen MR) is 76.9 cm³/mol. The molecule has 0 spiro atoms. The summed E-state index contributed by atoms with van der Waals surface area (Å²) in [6, 6.07) is 11.5. The number of pyridine rings is 1. The summed E-state index contributed by atoms with van der Waals surface area (Å²) in [6.45, 7) is 0.591. The standard InChI is InChI=1S/C15H13BrN2O/c16-14-4-3-13(11-17)15(10-14)19-9-1-2-12-5-7-18-8-6-12/h3-8,10H,1-2,9H2. The summed E-state index contributed by atoms with van der Waals surface area (Å²) < 4.78 is 6.58. The van der Waals surface area contributed by atoms with E-state index >= 15 is 0 Å². The normalized spacial score (nSPS) is 9.89. The second-order valence-corrected chi connectivity index (χ2v) is 4.98. The molecule has 2 aromatic rings. The van der Waals surface area contributed by atoms with E-state index in [4.69, 9.17) is 10.00 Å². The first-order valence-electron chi connectivity index (χ1n) is 6.01. The van der Waals surface area contributed by atoms with Crippen molar-refractivity contribution in [3.05, 3.63) is 58.3 Å². The van der Waals surface area contributed by atoms with Gasteiger partial charge in [-0.05, 0) is 48.7 Å². The van der Waals surface area contributed by atoms with Crippen molar-refractivity contribution < 1.29 is 4.74 Å². The van der Waals surface area contributed by atoms with Crippen molar-refractivity contribution in [2.75, 3.05) is 6.61 Å². The Kier molecular flexibility index (Phi) is 4.93. The monoisotopic (exact) mass is 316 g/mol. The van der Waals surface area contributed by atoms with Crippen molar-refractivity contribution in [2.24, 2.45) is 0 Å². The summed E-state index contributed by atoms with van der Waals surface area (Å²) in [7, 11) is 0. The summed E-state index contributed by atoms with van der Waals surface area (Å²) in [5.74, 6) is 0.631. The van der Waals surface area contributed by atoms with Crippen molar-refractivity contribution >= 4 is 15.9 Å². The van der Waals surface area contributed by atoms with Crippen LogP contribution in [0.2, 0.25) is 0 Å². The van der Waals surface area contributed by atoms with Gasteiger partial charge in [0.05, 0.1) is 12.2 Å². The molecule has 1 aromatic heterocycles. The highest BCUT2D eigenvalue weighted by Gasteiger charge is 2.03. The number of hydrogen-bond acceptors (Lipinski definition) is 3. The van der Waals surface area contributed by atoms with Crippen LogP contribution < -0.4 is 4.74 Å². The number of benzene rings is 1. The largest absolute Gasteiger partial charge is 0.492 e. The molecule has 0 aliphatic rings. The molecule has 0 atom stereocenters. The quantitative estimate of drug-likeness (QED) is 0.790. The average molecular weight is 317 g/mol. The zero-order valence-corrected chi connectivity index (χ0v) is 11.9. The molecule has 0 saturated carbocycles. The fraction of sp³-hybridized carbons (Fsp3) is 0.200. The Bertz CT molecular complexity index is 578. The molecule has 3 nitrogen and oxygen atoms in total. The molecular weight excluding hydrogens is 304 g/mol. The lowest BCUT2D eigenvalue weighted by atomic mass is 10.1. The number of halogens is 1. The Hall–Kier alpha value is -1.86. The van der Waals surface area contributed by atoms with Crippen LogP contribution in [0.25, 0.3) is 0 Å². The van der Waals surface area contributed by atoms with Crippen molar-refractivity contribution in [1.29, 1.82) is 5.26 Å².